The summed E-state index contributed by atoms with van der Waals surface area (Å²) in [5.74, 6) is 1.74. The van der Waals surface area contributed by atoms with Crippen LogP contribution in [0.1, 0.15) is 22.7 Å². The van der Waals surface area contributed by atoms with Crippen molar-refractivity contribution in [2.24, 2.45) is 4.99 Å². The van der Waals surface area contributed by atoms with Gasteiger partial charge in [0, 0.05) is 11.8 Å². The van der Waals surface area contributed by atoms with Crippen molar-refractivity contribution >= 4 is 28.9 Å². The predicted molar refractivity (Wildman–Crippen MR) is 130 cm³/mol. The predicted octanol–water partition coefficient (Wildman–Crippen LogP) is 5.39. The number of nitrogens with zero attached hydrogens (tertiary/aromatic N) is 1. The number of amides is 1. The fraction of sp³-hybridized carbons (Fsp3) is 0.154. The highest BCUT2D eigenvalue weighted by Crippen LogP contribution is 2.30. The standard InChI is InChI=1S/C26H23FN2O3S/c1-31-22-12-8-20(9-13-22)24-17-33-26(28-24)29-25(30)14-7-18-5-10-23(11-6-18)32-16-19-3-2-4-21(27)15-19/h2-15,24H,16-17H2,1H3,(H,28,29,30)/b14-7+. The summed E-state index contributed by atoms with van der Waals surface area (Å²) in [7, 11) is 1.64. The van der Waals surface area contributed by atoms with Crippen molar-refractivity contribution in [1.82, 2.24) is 5.32 Å². The van der Waals surface area contributed by atoms with Crippen molar-refractivity contribution in [3.8, 4) is 11.5 Å². The van der Waals surface area contributed by atoms with Crippen molar-refractivity contribution in [1.29, 1.82) is 0 Å². The molecule has 1 aliphatic rings. The second-order valence-electron chi connectivity index (χ2n) is 7.34. The van der Waals surface area contributed by atoms with Crippen LogP contribution in [0.4, 0.5) is 4.39 Å². The SMILES string of the molecule is COc1ccc(C2CSC(NC(=O)/C=C/c3ccc(OCc4cccc(F)c4)cc3)=N2)cc1. The molecule has 0 saturated carbocycles. The van der Waals surface area contributed by atoms with E-state index in [4.69, 9.17) is 9.47 Å². The van der Waals surface area contributed by atoms with E-state index in [-0.39, 0.29) is 24.4 Å². The molecule has 1 atom stereocenters. The van der Waals surface area contributed by atoms with Gasteiger partial charge in [-0.25, -0.2) is 4.39 Å². The molecule has 33 heavy (non-hydrogen) atoms. The molecule has 1 amide bonds. The van der Waals surface area contributed by atoms with Gasteiger partial charge in [-0.3, -0.25) is 9.79 Å². The maximum absolute atomic E-state index is 13.2. The first-order valence-corrected chi connectivity index (χ1v) is 11.4. The van der Waals surface area contributed by atoms with Gasteiger partial charge in [-0.05, 0) is 59.2 Å². The molecular weight excluding hydrogens is 439 g/mol. The normalized spacial score (nSPS) is 15.3. The van der Waals surface area contributed by atoms with Crippen molar-refractivity contribution < 1.29 is 18.7 Å². The number of benzene rings is 3. The number of halogens is 1. The van der Waals surface area contributed by atoms with Crippen molar-refractivity contribution in [2.75, 3.05) is 12.9 Å². The molecule has 0 fully saturated rings. The quantitative estimate of drug-likeness (QED) is 0.479. The zero-order valence-corrected chi connectivity index (χ0v) is 18.8. The maximum Gasteiger partial charge on any atom is 0.249 e. The molecule has 0 radical (unpaired) electrons. The van der Waals surface area contributed by atoms with Crippen LogP contribution in [0.15, 0.2) is 83.9 Å². The number of carbonyl (C=O) groups is 1. The summed E-state index contributed by atoms with van der Waals surface area (Å²) in [4.78, 5) is 16.9. The van der Waals surface area contributed by atoms with E-state index in [9.17, 15) is 9.18 Å². The number of methoxy groups -OCH3 is 1. The van der Waals surface area contributed by atoms with Gasteiger partial charge in [0.15, 0.2) is 5.17 Å². The average Bonchev–Trinajstić information content (AvgIpc) is 3.30. The second-order valence-corrected chi connectivity index (χ2v) is 8.35. The van der Waals surface area contributed by atoms with Gasteiger partial charge >= 0.3 is 0 Å². The van der Waals surface area contributed by atoms with Crippen LogP contribution >= 0.6 is 11.8 Å². The Labute approximate surface area is 196 Å². The molecular formula is C26H23FN2O3S. The molecule has 1 heterocycles. The summed E-state index contributed by atoms with van der Waals surface area (Å²) in [6.07, 6.45) is 3.21. The topological polar surface area (TPSA) is 59.9 Å². The van der Waals surface area contributed by atoms with Gasteiger partial charge in [0.05, 0.1) is 13.2 Å². The Kier molecular flexibility index (Phi) is 7.42. The lowest BCUT2D eigenvalue weighted by atomic mass is 10.1. The number of nitrogens with one attached hydrogen (secondary N) is 1. The molecule has 0 aliphatic carbocycles. The highest BCUT2D eigenvalue weighted by Gasteiger charge is 2.20. The molecule has 3 aromatic rings. The molecule has 1 unspecified atom stereocenters. The minimum Gasteiger partial charge on any atom is -0.497 e. The van der Waals surface area contributed by atoms with Gasteiger partial charge in [-0.2, -0.15) is 0 Å². The zero-order valence-electron chi connectivity index (χ0n) is 18.0. The molecule has 7 heteroatoms. The molecule has 168 valence electrons. The summed E-state index contributed by atoms with van der Waals surface area (Å²) in [6.45, 7) is 0.284. The van der Waals surface area contributed by atoms with E-state index in [0.29, 0.717) is 10.9 Å². The molecule has 0 aromatic heterocycles. The number of ether oxygens (including phenoxy) is 2. The Hall–Kier alpha value is -3.58. The fourth-order valence-corrected chi connectivity index (χ4v) is 4.18. The van der Waals surface area contributed by atoms with Gasteiger partial charge < -0.3 is 14.8 Å². The van der Waals surface area contributed by atoms with E-state index in [1.54, 1.807) is 19.3 Å². The molecule has 0 spiro atoms. The largest absolute Gasteiger partial charge is 0.497 e. The summed E-state index contributed by atoms with van der Waals surface area (Å²) in [5.41, 5.74) is 2.71. The summed E-state index contributed by atoms with van der Waals surface area (Å²) < 4.78 is 24.1. The number of carbonyl (C=O) groups excluding carboxylic acids is 1. The van der Waals surface area contributed by atoms with Crippen LogP contribution in [0.5, 0.6) is 11.5 Å². The van der Waals surface area contributed by atoms with Crippen molar-refractivity contribution in [3.63, 3.8) is 0 Å². The number of thioether (sulfide) groups is 1. The van der Waals surface area contributed by atoms with Crippen LogP contribution in [-0.4, -0.2) is 23.9 Å². The van der Waals surface area contributed by atoms with Gasteiger partial charge in [0.1, 0.15) is 23.9 Å². The average molecular weight is 463 g/mol. The van der Waals surface area contributed by atoms with E-state index in [2.05, 4.69) is 10.3 Å². The van der Waals surface area contributed by atoms with Crippen molar-refractivity contribution in [2.45, 2.75) is 12.6 Å². The number of aliphatic imine (C=N–C) groups is 1. The summed E-state index contributed by atoms with van der Waals surface area (Å²) >= 11 is 1.52. The van der Waals surface area contributed by atoms with E-state index in [1.165, 1.54) is 30.0 Å². The summed E-state index contributed by atoms with van der Waals surface area (Å²) in [6, 6.07) is 21.5. The first kappa shape index (κ1) is 22.6. The minimum absolute atomic E-state index is 0.0140. The van der Waals surface area contributed by atoms with Crippen LogP contribution in [0.3, 0.4) is 0 Å². The lowest BCUT2D eigenvalue weighted by Crippen LogP contribution is -2.25. The molecule has 5 nitrogen and oxygen atoms in total. The van der Waals surface area contributed by atoms with E-state index in [1.807, 2.05) is 54.6 Å². The molecule has 0 bridgehead atoms. The van der Waals surface area contributed by atoms with Gasteiger partial charge in [-0.15, -0.1) is 0 Å². The Balaban J connectivity index is 1.27. The van der Waals surface area contributed by atoms with Crippen LogP contribution in [0.25, 0.3) is 6.08 Å². The Morgan fingerprint density at radius 2 is 1.88 bits per heavy atom. The number of amidine groups is 1. The molecule has 1 aliphatic heterocycles. The maximum atomic E-state index is 13.2. The first-order chi connectivity index (χ1) is 16.1. The lowest BCUT2D eigenvalue weighted by molar-refractivity contribution is -0.115. The smallest absolute Gasteiger partial charge is 0.249 e. The Morgan fingerprint density at radius 1 is 1.12 bits per heavy atom. The molecule has 4 rings (SSSR count). The van der Waals surface area contributed by atoms with Crippen molar-refractivity contribution in [3.05, 3.63) is 101 Å². The molecule has 1 N–H and O–H groups in total. The van der Waals surface area contributed by atoms with E-state index >= 15 is 0 Å². The van der Waals surface area contributed by atoms with Gasteiger partial charge in [0.25, 0.3) is 0 Å². The lowest BCUT2D eigenvalue weighted by Gasteiger charge is -2.07. The number of hydrogen-bond donors (Lipinski definition) is 1. The van der Waals surface area contributed by atoms with E-state index in [0.717, 1.165) is 28.2 Å². The van der Waals surface area contributed by atoms with Crippen LogP contribution < -0.4 is 14.8 Å². The summed E-state index contributed by atoms with van der Waals surface area (Å²) in [5, 5.41) is 3.45. The number of rotatable bonds is 7. The Morgan fingerprint density at radius 3 is 2.61 bits per heavy atom. The third-order valence-electron chi connectivity index (χ3n) is 4.98. The molecule has 0 saturated heterocycles. The highest BCUT2D eigenvalue weighted by molar-refractivity contribution is 8.14. The Bertz CT molecular complexity index is 1160. The fourth-order valence-electron chi connectivity index (χ4n) is 3.23. The minimum atomic E-state index is -0.284. The highest BCUT2D eigenvalue weighted by atomic mass is 32.2. The third-order valence-corrected chi connectivity index (χ3v) is 5.95. The van der Waals surface area contributed by atoms with Gasteiger partial charge in [0.2, 0.25) is 5.91 Å². The zero-order chi connectivity index (χ0) is 23.0. The second kappa shape index (κ2) is 10.8. The number of hydrogen-bond acceptors (Lipinski definition) is 5. The van der Waals surface area contributed by atoms with Gasteiger partial charge in [-0.1, -0.05) is 48.2 Å². The van der Waals surface area contributed by atoms with Crippen LogP contribution in [0, 0.1) is 5.82 Å². The molecule has 3 aromatic carbocycles. The van der Waals surface area contributed by atoms with Crippen LogP contribution in [-0.2, 0) is 11.4 Å². The van der Waals surface area contributed by atoms with E-state index < -0.39 is 0 Å². The van der Waals surface area contributed by atoms with Crippen LogP contribution in [0.2, 0.25) is 0 Å². The third kappa shape index (κ3) is 6.46. The first-order valence-electron chi connectivity index (χ1n) is 10.4. The monoisotopic (exact) mass is 462 g/mol.